The van der Waals surface area contributed by atoms with Crippen LogP contribution in [0.1, 0.15) is 16.1 Å². The minimum atomic E-state index is -0.340. The summed E-state index contributed by atoms with van der Waals surface area (Å²) < 4.78 is 4.38. The lowest BCUT2D eigenvalue weighted by molar-refractivity contribution is 0.0774. The van der Waals surface area contributed by atoms with E-state index in [1.165, 1.54) is 4.90 Å². The molecule has 1 amide bonds. The van der Waals surface area contributed by atoms with Crippen molar-refractivity contribution in [2.24, 2.45) is 0 Å². The number of carbonyl (C=O) groups is 1. The lowest BCUT2D eigenvalue weighted by Gasteiger charge is -2.15. The second-order valence-corrected chi connectivity index (χ2v) is 3.52. The number of amides is 1. The van der Waals surface area contributed by atoms with Gasteiger partial charge in [0.2, 0.25) is 11.5 Å². The highest BCUT2D eigenvalue weighted by atomic mass is 16.6. The number of hydrogen-bond donors (Lipinski definition) is 1. The number of aromatic nitrogens is 3. The fourth-order valence-electron chi connectivity index (χ4n) is 1.36. The Bertz CT molecular complexity index is 510. The average Bonchev–Trinajstić information content (AvgIpc) is 2.76. The summed E-state index contributed by atoms with van der Waals surface area (Å²) in [5.74, 6) is -0.347. The van der Waals surface area contributed by atoms with Crippen LogP contribution in [0, 0.1) is 0 Å². The zero-order valence-electron chi connectivity index (χ0n) is 9.20. The standard InChI is InChI=1S/C10H11N5O2/c1-15(6-7-3-2-4-12-5-7)10(16)8-9(11)14-17-13-8/h2-5H,6H2,1H3,(H2,11,14). The first-order valence-electron chi connectivity index (χ1n) is 4.91. The molecule has 17 heavy (non-hydrogen) atoms. The van der Waals surface area contributed by atoms with Crippen LogP contribution in [-0.4, -0.2) is 33.2 Å². The molecule has 2 aromatic rings. The van der Waals surface area contributed by atoms with Crippen LogP contribution in [0.5, 0.6) is 0 Å². The maximum atomic E-state index is 11.9. The first kappa shape index (κ1) is 11.1. The summed E-state index contributed by atoms with van der Waals surface area (Å²) in [6.45, 7) is 0.416. The van der Waals surface area contributed by atoms with Gasteiger partial charge in [0.1, 0.15) is 0 Å². The lowest BCUT2D eigenvalue weighted by Crippen LogP contribution is -2.27. The van der Waals surface area contributed by atoms with E-state index in [-0.39, 0.29) is 17.4 Å². The third kappa shape index (κ3) is 2.39. The second-order valence-electron chi connectivity index (χ2n) is 3.52. The molecule has 2 aromatic heterocycles. The zero-order chi connectivity index (χ0) is 12.3. The van der Waals surface area contributed by atoms with Crippen molar-refractivity contribution in [2.75, 3.05) is 12.8 Å². The molecule has 0 atom stereocenters. The number of rotatable bonds is 3. The van der Waals surface area contributed by atoms with Gasteiger partial charge in [-0.2, -0.15) is 0 Å². The zero-order valence-corrected chi connectivity index (χ0v) is 9.20. The van der Waals surface area contributed by atoms with Crippen molar-refractivity contribution in [1.29, 1.82) is 0 Å². The summed E-state index contributed by atoms with van der Waals surface area (Å²) >= 11 is 0. The summed E-state index contributed by atoms with van der Waals surface area (Å²) in [5, 5.41) is 6.82. The summed E-state index contributed by atoms with van der Waals surface area (Å²) in [7, 11) is 1.64. The molecule has 0 aromatic carbocycles. The molecule has 7 heteroatoms. The highest BCUT2D eigenvalue weighted by Gasteiger charge is 2.20. The number of nitrogens with zero attached hydrogens (tertiary/aromatic N) is 4. The van der Waals surface area contributed by atoms with Crippen molar-refractivity contribution in [3.05, 3.63) is 35.8 Å². The minimum absolute atomic E-state index is 0.00645. The van der Waals surface area contributed by atoms with Crippen LogP contribution < -0.4 is 5.73 Å². The van der Waals surface area contributed by atoms with Gasteiger partial charge in [-0.25, -0.2) is 4.63 Å². The van der Waals surface area contributed by atoms with Crippen LogP contribution in [0.3, 0.4) is 0 Å². The van der Waals surface area contributed by atoms with E-state index < -0.39 is 0 Å². The topological polar surface area (TPSA) is 98.1 Å². The van der Waals surface area contributed by atoms with Gasteiger partial charge in [-0.05, 0) is 21.9 Å². The van der Waals surface area contributed by atoms with Crippen LogP contribution in [0.2, 0.25) is 0 Å². The fourth-order valence-corrected chi connectivity index (χ4v) is 1.36. The van der Waals surface area contributed by atoms with Crippen molar-refractivity contribution in [2.45, 2.75) is 6.54 Å². The monoisotopic (exact) mass is 233 g/mol. The Morgan fingerprint density at radius 1 is 1.53 bits per heavy atom. The van der Waals surface area contributed by atoms with Gasteiger partial charge in [-0.1, -0.05) is 6.07 Å². The largest absolute Gasteiger partial charge is 0.379 e. The van der Waals surface area contributed by atoms with E-state index in [4.69, 9.17) is 5.73 Å². The van der Waals surface area contributed by atoms with E-state index in [0.717, 1.165) is 5.56 Å². The Labute approximate surface area is 97.2 Å². The number of nitrogen functional groups attached to an aromatic ring is 1. The molecule has 0 saturated heterocycles. The maximum absolute atomic E-state index is 11.9. The molecular weight excluding hydrogens is 222 g/mol. The van der Waals surface area contributed by atoms with Crippen LogP contribution in [0.15, 0.2) is 29.2 Å². The molecule has 0 saturated carbocycles. The van der Waals surface area contributed by atoms with Crippen LogP contribution in [0.4, 0.5) is 5.82 Å². The molecule has 2 heterocycles. The number of nitrogens with two attached hydrogens (primary N) is 1. The quantitative estimate of drug-likeness (QED) is 0.819. The van der Waals surface area contributed by atoms with E-state index in [1.807, 2.05) is 6.07 Å². The highest BCUT2D eigenvalue weighted by molar-refractivity contribution is 5.95. The molecule has 0 bridgehead atoms. The number of anilines is 1. The Morgan fingerprint density at radius 3 is 2.94 bits per heavy atom. The van der Waals surface area contributed by atoms with Crippen molar-refractivity contribution in [3.8, 4) is 0 Å². The first-order chi connectivity index (χ1) is 8.18. The number of hydrogen-bond acceptors (Lipinski definition) is 6. The third-order valence-corrected chi connectivity index (χ3v) is 2.21. The van der Waals surface area contributed by atoms with Gasteiger partial charge in [0.05, 0.1) is 0 Å². The van der Waals surface area contributed by atoms with Gasteiger partial charge in [-0.3, -0.25) is 9.78 Å². The number of carbonyl (C=O) groups excluding carboxylic acids is 1. The predicted octanol–water partition coefficient (Wildman–Crippen LogP) is 0.319. The second kappa shape index (κ2) is 4.60. The number of pyridine rings is 1. The molecule has 0 aliphatic heterocycles. The molecule has 0 fully saturated rings. The van der Waals surface area contributed by atoms with Crippen LogP contribution in [-0.2, 0) is 6.54 Å². The molecule has 7 nitrogen and oxygen atoms in total. The molecule has 0 radical (unpaired) electrons. The van der Waals surface area contributed by atoms with Gasteiger partial charge in [-0.15, -0.1) is 0 Å². The Kier molecular flexibility index (Phi) is 2.99. The molecule has 0 spiro atoms. The van der Waals surface area contributed by atoms with Crippen molar-refractivity contribution in [1.82, 2.24) is 20.2 Å². The van der Waals surface area contributed by atoms with Gasteiger partial charge < -0.3 is 10.6 Å². The lowest BCUT2D eigenvalue weighted by atomic mass is 10.2. The summed E-state index contributed by atoms with van der Waals surface area (Å²) in [6.07, 6.45) is 3.36. The van der Waals surface area contributed by atoms with Crippen molar-refractivity contribution >= 4 is 11.7 Å². The first-order valence-corrected chi connectivity index (χ1v) is 4.91. The highest BCUT2D eigenvalue weighted by Crippen LogP contribution is 2.09. The van der Waals surface area contributed by atoms with E-state index in [2.05, 4.69) is 19.9 Å². The van der Waals surface area contributed by atoms with E-state index in [0.29, 0.717) is 6.54 Å². The fraction of sp³-hybridized carbons (Fsp3) is 0.200. The smallest absolute Gasteiger partial charge is 0.280 e. The average molecular weight is 233 g/mol. The predicted molar refractivity (Wildman–Crippen MR) is 58.7 cm³/mol. The van der Waals surface area contributed by atoms with E-state index in [1.54, 1.807) is 25.5 Å². The summed E-state index contributed by atoms with van der Waals surface area (Å²) in [6, 6.07) is 3.68. The van der Waals surface area contributed by atoms with Gasteiger partial charge >= 0.3 is 0 Å². The normalized spacial score (nSPS) is 10.2. The molecule has 0 aliphatic carbocycles. The molecule has 0 aliphatic rings. The van der Waals surface area contributed by atoms with Gasteiger partial charge in [0.15, 0.2) is 0 Å². The van der Waals surface area contributed by atoms with Crippen LogP contribution >= 0.6 is 0 Å². The molecule has 2 N–H and O–H groups in total. The minimum Gasteiger partial charge on any atom is -0.379 e. The maximum Gasteiger partial charge on any atom is 0.280 e. The Balaban J connectivity index is 2.09. The SMILES string of the molecule is CN(Cc1cccnc1)C(=O)c1nonc1N. The third-order valence-electron chi connectivity index (χ3n) is 2.21. The van der Waals surface area contributed by atoms with Crippen LogP contribution in [0.25, 0.3) is 0 Å². The summed E-state index contributed by atoms with van der Waals surface area (Å²) in [4.78, 5) is 17.3. The van der Waals surface area contributed by atoms with E-state index in [9.17, 15) is 4.79 Å². The van der Waals surface area contributed by atoms with Gasteiger partial charge in [0, 0.05) is 26.0 Å². The molecular formula is C10H11N5O2. The van der Waals surface area contributed by atoms with Crippen molar-refractivity contribution < 1.29 is 9.42 Å². The Hall–Kier alpha value is -2.44. The molecule has 88 valence electrons. The molecule has 2 rings (SSSR count). The summed E-state index contributed by atoms with van der Waals surface area (Å²) in [5.41, 5.74) is 6.39. The molecule has 0 unspecified atom stereocenters. The van der Waals surface area contributed by atoms with E-state index >= 15 is 0 Å². The van der Waals surface area contributed by atoms with Gasteiger partial charge in [0.25, 0.3) is 5.91 Å². The Morgan fingerprint density at radius 2 is 2.35 bits per heavy atom. The van der Waals surface area contributed by atoms with Crippen molar-refractivity contribution in [3.63, 3.8) is 0 Å².